The Kier molecular flexibility index (Phi) is 5.81. The smallest absolute Gasteiger partial charge is 0.306 e. The van der Waals surface area contributed by atoms with Crippen LogP contribution in [0.15, 0.2) is 0 Å². The summed E-state index contributed by atoms with van der Waals surface area (Å²) in [6.07, 6.45) is 4.86. The number of hydrogen-bond acceptors (Lipinski definition) is 3. The lowest BCUT2D eigenvalue weighted by Gasteiger charge is -2.31. The van der Waals surface area contributed by atoms with Crippen molar-refractivity contribution >= 4 is 5.97 Å². The van der Waals surface area contributed by atoms with E-state index in [9.17, 15) is 4.79 Å². The second-order valence-corrected chi connectivity index (χ2v) is 5.09. The molecule has 3 atom stereocenters. The Labute approximate surface area is 98.9 Å². The van der Waals surface area contributed by atoms with Crippen LogP contribution in [0.4, 0.5) is 0 Å². The van der Waals surface area contributed by atoms with Crippen LogP contribution in [0.2, 0.25) is 0 Å². The van der Waals surface area contributed by atoms with E-state index in [0.29, 0.717) is 12.3 Å². The van der Waals surface area contributed by atoms with Crippen molar-refractivity contribution in [2.45, 2.75) is 52.1 Å². The Morgan fingerprint density at radius 3 is 2.69 bits per heavy atom. The lowest BCUT2D eigenvalue weighted by Crippen LogP contribution is -2.28. The van der Waals surface area contributed by atoms with Gasteiger partial charge in [-0.25, -0.2) is 0 Å². The zero-order chi connectivity index (χ0) is 12.0. The highest BCUT2D eigenvalue weighted by Crippen LogP contribution is 2.31. The first kappa shape index (κ1) is 13.5. The maximum absolute atomic E-state index is 11.5. The first-order valence-corrected chi connectivity index (χ1v) is 6.47. The molecule has 0 amide bonds. The predicted octanol–water partition coefficient (Wildman–Crippen LogP) is 2.35. The van der Waals surface area contributed by atoms with Crippen LogP contribution >= 0.6 is 0 Å². The first-order chi connectivity index (χ1) is 7.63. The molecule has 0 heterocycles. The van der Waals surface area contributed by atoms with Crippen LogP contribution in [0.3, 0.4) is 0 Å². The van der Waals surface area contributed by atoms with Crippen molar-refractivity contribution in [2.24, 2.45) is 11.8 Å². The number of ether oxygens (including phenoxy) is 1. The van der Waals surface area contributed by atoms with Gasteiger partial charge in [-0.2, -0.15) is 0 Å². The zero-order valence-corrected chi connectivity index (χ0v) is 10.8. The van der Waals surface area contributed by atoms with Crippen molar-refractivity contribution in [3.8, 4) is 0 Å². The number of carbonyl (C=O) groups excluding carboxylic acids is 1. The van der Waals surface area contributed by atoms with E-state index in [-0.39, 0.29) is 12.1 Å². The van der Waals surface area contributed by atoms with E-state index in [1.807, 2.05) is 7.05 Å². The molecule has 0 aromatic heterocycles. The number of hydrogen-bond donors (Lipinski definition) is 1. The molecule has 0 spiro atoms. The fourth-order valence-corrected chi connectivity index (χ4v) is 2.26. The molecule has 0 aliphatic heterocycles. The summed E-state index contributed by atoms with van der Waals surface area (Å²) in [5.74, 6) is 1.44. The Balaban J connectivity index is 2.19. The Morgan fingerprint density at radius 2 is 2.06 bits per heavy atom. The quantitative estimate of drug-likeness (QED) is 0.579. The lowest BCUT2D eigenvalue weighted by atomic mass is 9.80. The molecule has 0 radical (unpaired) electrons. The molecule has 3 nitrogen and oxygen atoms in total. The molecule has 1 aliphatic carbocycles. The molecule has 1 rings (SSSR count). The molecule has 1 N–H and O–H groups in total. The molecule has 0 saturated heterocycles. The SMILES string of the molecule is CNCCCC(=O)OC1CCC(C)C(C)C1. The second-order valence-electron chi connectivity index (χ2n) is 5.09. The average Bonchev–Trinajstić information content (AvgIpc) is 2.24. The third-order valence-corrected chi connectivity index (χ3v) is 3.66. The van der Waals surface area contributed by atoms with Crippen LogP contribution in [0.1, 0.15) is 46.0 Å². The van der Waals surface area contributed by atoms with Gasteiger partial charge < -0.3 is 10.1 Å². The highest BCUT2D eigenvalue weighted by atomic mass is 16.5. The van der Waals surface area contributed by atoms with Crippen molar-refractivity contribution in [3.63, 3.8) is 0 Å². The molecule has 94 valence electrons. The lowest BCUT2D eigenvalue weighted by molar-refractivity contribution is -0.151. The van der Waals surface area contributed by atoms with Crippen molar-refractivity contribution < 1.29 is 9.53 Å². The molecule has 3 heteroatoms. The normalized spacial score (nSPS) is 30.1. The van der Waals surface area contributed by atoms with Crippen molar-refractivity contribution in [3.05, 3.63) is 0 Å². The fraction of sp³-hybridized carbons (Fsp3) is 0.923. The molecule has 0 aromatic carbocycles. The van der Waals surface area contributed by atoms with Gasteiger partial charge in [0.2, 0.25) is 0 Å². The molecule has 16 heavy (non-hydrogen) atoms. The highest BCUT2D eigenvalue weighted by Gasteiger charge is 2.26. The summed E-state index contributed by atoms with van der Waals surface area (Å²) in [5, 5.41) is 3.03. The van der Waals surface area contributed by atoms with Crippen LogP contribution in [-0.4, -0.2) is 25.7 Å². The Hall–Kier alpha value is -0.570. The molecule has 3 unspecified atom stereocenters. The van der Waals surface area contributed by atoms with Gasteiger partial charge in [-0.3, -0.25) is 4.79 Å². The second kappa shape index (κ2) is 6.89. The summed E-state index contributed by atoms with van der Waals surface area (Å²) in [6, 6.07) is 0. The summed E-state index contributed by atoms with van der Waals surface area (Å²) in [6.45, 7) is 5.43. The average molecular weight is 227 g/mol. The summed E-state index contributed by atoms with van der Waals surface area (Å²) in [7, 11) is 1.90. The standard InChI is InChI=1S/C13H25NO2/c1-10-6-7-12(9-11(10)2)16-13(15)5-4-8-14-3/h10-12,14H,4-9H2,1-3H3. The number of esters is 1. The maximum Gasteiger partial charge on any atom is 0.306 e. The van der Waals surface area contributed by atoms with E-state index in [2.05, 4.69) is 19.2 Å². The van der Waals surface area contributed by atoms with Crippen LogP contribution in [0.5, 0.6) is 0 Å². The molecular formula is C13H25NO2. The summed E-state index contributed by atoms with van der Waals surface area (Å²) < 4.78 is 5.49. The predicted molar refractivity (Wildman–Crippen MR) is 65.2 cm³/mol. The number of rotatable bonds is 5. The molecule has 1 saturated carbocycles. The third-order valence-electron chi connectivity index (χ3n) is 3.66. The van der Waals surface area contributed by atoms with Gasteiger partial charge in [-0.1, -0.05) is 13.8 Å². The van der Waals surface area contributed by atoms with Gasteiger partial charge in [0, 0.05) is 6.42 Å². The van der Waals surface area contributed by atoms with Gasteiger partial charge in [0.15, 0.2) is 0 Å². The minimum atomic E-state index is -0.0259. The minimum Gasteiger partial charge on any atom is -0.462 e. The summed E-state index contributed by atoms with van der Waals surface area (Å²) in [4.78, 5) is 11.5. The molecule has 0 aromatic rings. The number of nitrogens with one attached hydrogen (secondary N) is 1. The monoisotopic (exact) mass is 227 g/mol. The topological polar surface area (TPSA) is 38.3 Å². The Bertz CT molecular complexity index is 218. The summed E-state index contributed by atoms with van der Waals surface area (Å²) in [5.41, 5.74) is 0. The maximum atomic E-state index is 11.5. The molecular weight excluding hydrogens is 202 g/mol. The van der Waals surface area contributed by atoms with Crippen LogP contribution < -0.4 is 5.32 Å². The van der Waals surface area contributed by atoms with E-state index in [4.69, 9.17) is 4.74 Å². The zero-order valence-electron chi connectivity index (χ0n) is 10.8. The van der Waals surface area contributed by atoms with E-state index < -0.39 is 0 Å². The van der Waals surface area contributed by atoms with Gasteiger partial charge in [-0.05, 0) is 51.1 Å². The van der Waals surface area contributed by atoms with E-state index in [1.165, 1.54) is 6.42 Å². The van der Waals surface area contributed by atoms with Gasteiger partial charge in [0.1, 0.15) is 6.10 Å². The number of carbonyl (C=O) groups is 1. The van der Waals surface area contributed by atoms with Gasteiger partial charge in [0.05, 0.1) is 0 Å². The van der Waals surface area contributed by atoms with Crippen molar-refractivity contribution in [1.29, 1.82) is 0 Å². The minimum absolute atomic E-state index is 0.0259. The van der Waals surface area contributed by atoms with Crippen molar-refractivity contribution in [2.75, 3.05) is 13.6 Å². The van der Waals surface area contributed by atoms with Gasteiger partial charge in [-0.15, -0.1) is 0 Å². The molecule has 1 aliphatic rings. The van der Waals surface area contributed by atoms with E-state index in [1.54, 1.807) is 0 Å². The van der Waals surface area contributed by atoms with Gasteiger partial charge in [0.25, 0.3) is 0 Å². The van der Waals surface area contributed by atoms with Crippen LogP contribution in [0.25, 0.3) is 0 Å². The highest BCUT2D eigenvalue weighted by molar-refractivity contribution is 5.69. The fourth-order valence-electron chi connectivity index (χ4n) is 2.26. The summed E-state index contributed by atoms with van der Waals surface area (Å²) >= 11 is 0. The van der Waals surface area contributed by atoms with Crippen molar-refractivity contribution in [1.82, 2.24) is 5.32 Å². The largest absolute Gasteiger partial charge is 0.462 e. The Morgan fingerprint density at radius 1 is 1.31 bits per heavy atom. The van der Waals surface area contributed by atoms with Crippen LogP contribution in [-0.2, 0) is 9.53 Å². The van der Waals surface area contributed by atoms with E-state index >= 15 is 0 Å². The third kappa shape index (κ3) is 4.52. The van der Waals surface area contributed by atoms with E-state index in [0.717, 1.165) is 31.7 Å². The molecule has 0 bridgehead atoms. The van der Waals surface area contributed by atoms with Gasteiger partial charge >= 0.3 is 5.97 Å². The van der Waals surface area contributed by atoms with Crippen LogP contribution in [0, 0.1) is 11.8 Å². The first-order valence-electron chi connectivity index (χ1n) is 6.47. The molecule has 1 fully saturated rings.